The third-order valence-corrected chi connectivity index (χ3v) is 5.73. The van der Waals surface area contributed by atoms with Gasteiger partial charge < -0.3 is 5.11 Å². The van der Waals surface area contributed by atoms with E-state index in [-0.39, 0.29) is 11.5 Å². The summed E-state index contributed by atoms with van der Waals surface area (Å²) < 4.78 is 28.2. The van der Waals surface area contributed by atoms with E-state index in [1.54, 1.807) is 15.2 Å². The Bertz CT molecular complexity index is 523. The molecule has 1 aromatic rings. The fourth-order valence-corrected chi connectivity index (χ4v) is 3.82. The van der Waals surface area contributed by atoms with Gasteiger partial charge in [-0.3, -0.25) is 4.68 Å². The van der Waals surface area contributed by atoms with Crippen LogP contribution in [0.2, 0.25) is 0 Å². The van der Waals surface area contributed by atoms with Gasteiger partial charge in [0.15, 0.2) is 0 Å². The summed E-state index contributed by atoms with van der Waals surface area (Å²) in [6.07, 6.45) is 6.98. The van der Waals surface area contributed by atoms with Gasteiger partial charge >= 0.3 is 0 Å². The molecule has 2 rings (SSSR count). The zero-order valence-corrected chi connectivity index (χ0v) is 12.7. The normalized spacial score (nSPS) is 16.6. The third kappa shape index (κ3) is 3.39. The van der Waals surface area contributed by atoms with Crippen LogP contribution >= 0.6 is 0 Å². The zero-order chi connectivity index (χ0) is 14.6. The summed E-state index contributed by atoms with van der Waals surface area (Å²) in [5.41, 5.74) is 0. The molecule has 0 amide bonds. The van der Waals surface area contributed by atoms with Crippen LogP contribution in [0.15, 0.2) is 17.3 Å². The quantitative estimate of drug-likeness (QED) is 0.779. The van der Waals surface area contributed by atoms with Crippen LogP contribution in [0.5, 0.6) is 0 Å². The average molecular weight is 301 g/mol. The largest absolute Gasteiger partial charge is 0.396 e. The highest BCUT2D eigenvalue weighted by molar-refractivity contribution is 7.89. The molecule has 0 saturated heterocycles. The minimum Gasteiger partial charge on any atom is -0.396 e. The van der Waals surface area contributed by atoms with Crippen LogP contribution in [0.3, 0.4) is 0 Å². The Morgan fingerprint density at radius 3 is 2.80 bits per heavy atom. The van der Waals surface area contributed by atoms with Gasteiger partial charge in [0.25, 0.3) is 0 Å². The number of sulfonamides is 1. The lowest BCUT2D eigenvalue weighted by Crippen LogP contribution is -2.37. The Morgan fingerprint density at radius 1 is 1.50 bits per heavy atom. The number of nitrogens with zero attached hydrogens (tertiary/aromatic N) is 3. The van der Waals surface area contributed by atoms with E-state index >= 15 is 0 Å². The van der Waals surface area contributed by atoms with Crippen molar-refractivity contribution in [2.24, 2.45) is 5.92 Å². The molecular formula is C13H23N3O3S. The molecule has 0 aromatic carbocycles. The molecule has 0 radical (unpaired) electrons. The standard InChI is InChI=1S/C13H23N3O3S/c1-2-16(10-12-5-3-6-12)20(18,19)13-9-14-15(11-13)7-4-8-17/h9,11-12,17H,2-8,10H2,1H3. The molecule has 1 fully saturated rings. The smallest absolute Gasteiger partial charge is 0.246 e. The molecule has 0 atom stereocenters. The van der Waals surface area contributed by atoms with Crippen LogP contribution in [0.4, 0.5) is 0 Å². The number of aliphatic hydroxyl groups is 1. The monoisotopic (exact) mass is 301 g/mol. The van der Waals surface area contributed by atoms with Gasteiger partial charge in [0, 0.05) is 32.4 Å². The van der Waals surface area contributed by atoms with Crippen molar-refractivity contribution in [2.75, 3.05) is 19.7 Å². The second-order valence-electron chi connectivity index (χ2n) is 5.27. The Morgan fingerprint density at radius 2 is 2.25 bits per heavy atom. The van der Waals surface area contributed by atoms with Crippen molar-refractivity contribution in [3.8, 4) is 0 Å². The number of aryl methyl sites for hydroxylation is 1. The van der Waals surface area contributed by atoms with E-state index < -0.39 is 10.0 Å². The van der Waals surface area contributed by atoms with Gasteiger partial charge in [0.1, 0.15) is 4.90 Å². The van der Waals surface area contributed by atoms with E-state index in [2.05, 4.69) is 5.10 Å². The van der Waals surface area contributed by atoms with E-state index in [1.807, 2.05) is 6.92 Å². The lowest BCUT2D eigenvalue weighted by atomic mass is 9.85. The summed E-state index contributed by atoms with van der Waals surface area (Å²) >= 11 is 0. The summed E-state index contributed by atoms with van der Waals surface area (Å²) in [6.45, 7) is 3.57. The molecule has 1 aliphatic carbocycles. The summed E-state index contributed by atoms with van der Waals surface area (Å²) in [4.78, 5) is 0.247. The van der Waals surface area contributed by atoms with Crippen LogP contribution in [0.1, 0.15) is 32.6 Å². The van der Waals surface area contributed by atoms with E-state index in [1.165, 1.54) is 12.6 Å². The van der Waals surface area contributed by atoms with Gasteiger partial charge in [-0.15, -0.1) is 0 Å². The highest BCUT2D eigenvalue weighted by Crippen LogP contribution is 2.29. The number of hydrogen-bond acceptors (Lipinski definition) is 4. The van der Waals surface area contributed by atoms with Crippen molar-refractivity contribution in [1.82, 2.24) is 14.1 Å². The van der Waals surface area contributed by atoms with Crippen molar-refractivity contribution >= 4 is 10.0 Å². The predicted octanol–water partition coefficient (Wildman–Crippen LogP) is 1.08. The van der Waals surface area contributed by atoms with E-state index in [9.17, 15) is 8.42 Å². The Labute approximate surface area is 120 Å². The second kappa shape index (κ2) is 6.69. The molecule has 1 aromatic heterocycles. The summed E-state index contributed by atoms with van der Waals surface area (Å²) in [5.74, 6) is 0.508. The van der Waals surface area contributed by atoms with Gasteiger partial charge in [-0.2, -0.15) is 9.40 Å². The highest BCUT2D eigenvalue weighted by Gasteiger charge is 2.29. The van der Waals surface area contributed by atoms with Gasteiger partial charge in [-0.25, -0.2) is 8.42 Å². The van der Waals surface area contributed by atoms with Gasteiger partial charge in [-0.1, -0.05) is 13.3 Å². The first-order valence-electron chi connectivity index (χ1n) is 7.21. The molecule has 20 heavy (non-hydrogen) atoms. The number of aliphatic hydroxyl groups excluding tert-OH is 1. The van der Waals surface area contributed by atoms with Gasteiger partial charge in [0.2, 0.25) is 10.0 Å². The predicted molar refractivity (Wildman–Crippen MR) is 75.7 cm³/mol. The summed E-state index contributed by atoms with van der Waals surface area (Å²) in [7, 11) is -3.44. The molecule has 1 saturated carbocycles. The number of hydrogen-bond donors (Lipinski definition) is 1. The third-order valence-electron chi connectivity index (χ3n) is 3.83. The minimum absolute atomic E-state index is 0.0741. The molecule has 0 aliphatic heterocycles. The van der Waals surface area contributed by atoms with Crippen LogP contribution in [-0.2, 0) is 16.6 Å². The topological polar surface area (TPSA) is 75.4 Å². The fourth-order valence-electron chi connectivity index (χ4n) is 2.34. The maximum absolute atomic E-state index is 12.5. The zero-order valence-electron chi connectivity index (χ0n) is 11.9. The van der Waals surface area contributed by atoms with E-state index in [0.717, 1.165) is 12.8 Å². The molecule has 1 aliphatic rings. The molecule has 1 N–H and O–H groups in total. The Hall–Kier alpha value is -0.920. The molecule has 0 spiro atoms. The van der Waals surface area contributed by atoms with Crippen LogP contribution in [0, 0.1) is 5.92 Å². The molecule has 1 heterocycles. The van der Waals surface area contributed by atoms with Gasteiger partial charge in [0.05, 0.1) is 6.20 Å². The fraction of sp³-hybridized carbons (Fsp3) is 0.769. The molecule has 7 heteroatoms. The van der Waals surface area contributed by atoms with Crippen molar-refractivity contribution in [2.45, 2.75) is 44.0 Å². The van der Waals surface area contributed by atoms with Crippen LogP contribution in [0.25, 0.3) is 0 Å². The van der Waals surface area contributed by atoms with Crippen molar-refractivity contribution in [3.05, 3.63) is 12.4 Å². The maximum Gasteiger partial charge on any atom is 0.246 e. The Balaban J connectivity index is 2.08. The molecular weight excluding hydrogens is 278 g/mol. The molecule has 0 bridgehead atoms. The van der Waals surface area contributed by atoms with Crippen molar-refractivity contribution in [1.29, 1.82) is 0 Å². The van der Waals surface area contributed by atoms with E-state index in [4.69, 9.17) is 5.11 Å². The average Bonchev–Trinajstić information content (AvgIpc) is 2.84. The van der Waals surface area contributed by atoms with E-state index in [0.29, 0.717) is 32.0 Å². The summed E-state index contributed by atoms with van der Waals surface area (Å²) in [6, 6.07) is 0. The van der Waals surface area contributed by atoms with Crippen LogP contribution in [-0.4, -0.2) is 47.3 Å². The first-order chi connectivity index (χ1) is 9.57. The second-order valence-corrected chi connectivity index (χ2v) is 7.21. The Kier molecular flexibility index (Phi) is 5.17. The van der Waals surface area contributed by atoms with Crippen molar-refractivity contribution in [3.63, 3.8) is 0 Å². The number of rotatable bonds is 8. The first-order valence-corrected chi connectivity index (χ1v) is 8.65. The molecule has 114 valence electrons. The van der Waals surface area contributed by atoms with Crippen molar-refractivity contribution < 1.29 is 13.5 Å². The highest BCUT2D eigenvalue weighted by atomic mass is 32.2. The number of aromatic nitrogens is 2. The lowest BCUT2D eigenvalue weighted by molar-refractivity contribution is 0.250. The molecule has 6 nitrogen and oxygen atoms in total. The molecule has 0 unspecified atom stereocenters. The first kappa shape index (κ1) is 15.5. The minimum atomic E-state index is -3.44. The van der Waals surface area contributed by atoms with Gasteiger partial charge in [-0.05, 0) is 25.2 Å². The maximum atomic E-state index is 12.5. The summed E-state index contributed by atoms with van der Waals surface area (Å²) in [5, 5.41) is 12.8. The SMILES string of the molecule is CCN(CC1CCC1)S(=O)(=O)c1cnn(CCCO)c1. The van der Waals surface area contributed by atoms with Crippen LogP contribution < -0.4 is 0 Å². The lowest BCUT2D eigenvalue weighted by Gasteiger charge is -2.30.